The minimum Gasteiger partial charge on any atom is -0.361 e. The van der Waals surface area contributed by atoms with E-state index in [9.17, 15) is 4.79 Å². The van der Waals surface area contributed by atoms with Crippen LogP contribution in [0.5, 0.6) is 0 Å². The van der Waals surface area contributed by atoms with E-state index in [1.807, 2.05) is 18.3 Å². The molecule has 0 saturated heterocycles. The molecule has 3 aromatic rings. The van der Waals surface area contributed by atoms with Crippen LogP contribution in [0.3, 0.4) is 0 Å². The molecule has 3 rings (SSSR count). The summed E-state index contributed by atoms with van der Waals surface area (Å²) in [6.07, 6.45) is 3.27. The number of rotatable bonds is 0. The Balaban J connectivity index is 2.71. The van der Waals surface area contributed by atoms with Crippen molar-refractivity contribution >= 4 is 21.8 Å². The number of hydrogen-bond acceptors (Lipinski definition) is 2. The molecular formula is C10H7N3O. The van der Waals surface area contributed by atoms with Gasteiger partial charge in [-0.1, -0.05) is 0 Å². The topological polar surface area (TPSA) is 61.5 Å². The fourth-order valence-electron chi connectivity index (χ4n) is 1.67. The van der Waals surface area contributed by atoms with Crippen molar-refractivity contribution in [3.8, 4) is 0 Å². The van der Waals surface area contributed by atoms with E-state index in [2.05, 4.69) is 15.0 Å². The second kappa shape index (κ2) is 2.45. The van der Waals surface area contributed by atoms with E-state index in [-0.39, 0.29) is 5.56 Å². The summed E-state index contributed by atoms with van der Waals surface area (Å²) in [4.78, 5) is 21.2. The predicted octanol–water partition coefficient (Wildman–Crippen LogP) is 1.40. The second-order valence-electron chi connectivity index (χ2n) is 3.13. The van der Waals surface area contributed by atoms with Gasteiger partial charge in [0.1, 0.15) is 0 Å². The lowest BCUT2D eigenvalue weighted by Gasteiger charge is -1.96. The van der Waals surface area contributed by atoms with Gasteiger partial charge in [0.2, 0.25) is 0 Å². The van der Waals surface area contributed by atoms with Crippen LogP contribution in [0.1, 0.15) is 0 Å². The van der Waals surface area contributed by atoms with Crippen molar-refractivity contribution in [1.29, 1.82) is 0 Å². The van der Waals surface area contributed by atoms with Crippen molar-refractivity contribution in [2.24, 2.45) is 0 Å². The third-order valence-corrected chi connectivity index (χ3v) is 2.34. The molecule has 2 aromatic heterocycles. The van der Waals surface area contributed by atoms with Crippen LogP contribution < -0.4 is 5.56 Å². The van der Waals surface area contributed by atoms with Crippen LogP contribution in [0, 0.1) is 0 Å². The normalized spacial score (nSPS) is 11.1. The van der Waals surface area contributed by atoms with E-state index in [1.165, 1.54) is 6.33 Å². The van der Waals surface area contributed by atoms with Crippen molar-refractivity contribution in [2.45, 2.75) is 0 Å². The van der Waals surface area contributed by atoms with Gasteiger partial charge in [-0.15, -0.1) is 0 Å². The molecule has 4 heteroatoms. The highest BCUT2D eigenvalue weighted by Gasteiger charge is 2.03. The van der Waals surface area contributed by atoms with Crippen LogP contribution in [0.2, 0.25) is 0 Å². The summed E-state index contributed by atoms with van der Waals surface area (Å²) in [5, 5.41) is 1.60. The third kappa shape index (κ3) is 0.821. The van der Waals surface area contributed by atoms with Gasteiger partial charge in [0.25, 0.3) is 5.56 Å². The van der Waals surface area contributed by atoms with Gasteiger partial charge in [0, 0.05) is 17.1 Å². The van der Waals surface area contributed by atoms with Gasteiger partial charge in [-0.05, 0) is 18.2 Å². The predicted molar refractivity (Wildman–Crippen MR) is 54.2 cm³/mol. The maximum atomic E-state index is 11.4. The summed E-state index contributed by atoms with van der Waals surface area (Å²) in [7, 11) is 0. The molecule has 68 valence electrons. The fraction of sp³-hybridized carbons (Fsp3) is 0. The van der Waals surface area contributed by atoms with E-state index in [0.29, 0.717) is 5.39 Å². The standard InChI is InChI=1S/C10H7N3O/c14-10-7-1-2-8-6(3-4-11-8)9(7)12-5-13-10/h1-5,11H,(H,12,13,14). The SMILES string of the molecule is O=c1[nH]cnc2c1ccc1[nH]ccc12. The lowest BCUT2D eigenvalue weighted by molar-refractivity contribution is 1.18. The molecule has 2 heterocycles. The summed E-state index contributed by atoms with van der Waals surface area (Å²) >= 11 is 0. The summed E-state index contributed by atoms with van der Waals surface area (Å²) in [5.74, 6) is 0. The largest absolute Gasteiger partial charge is 0.361 e. The van der Waals surface area contributed by atoms with Gasteiger partial charge in [-0.2, -0.15) is 0 Å². The Morgan fingerprint density at radius 1 is 1.07 bits per heavy atom. The minimum atomic E-state index is -0.0990. The zero-order valence-corrected chi connectivity index (χ0v) is 7.24. The highest BCUT2D eigenvalue weighted by atomic mass is 16.1. The molecule has 0 aliphatic heterocycles. The fourth-order valence-corrected chi connectivity index (χ4v) is 1.67. The van der Waals surface area contributed by atoms with Crippen LogP contribution in [-0.2, 0) is 0 Å². The Bertz CT molecular complexity index is 665. The average molecular weight is 185 g/mol. The van der Waals surface area contributed by atoms with Crippen LogP contribution >= 0.6 is 0 Å². The lowest BCUT2D eigenvalue weighted by atomic mass is 10.2. The molecular weight excluding hydrogens is 178 g/mol. The van der Waals surface area contributed by atoms with E-state index < -0.39 is 0 Å². The number of aromatic amines is 2. The van der Waals surface area contributed by atoms with Crippen molar-refractivity contribution in [1.82, 2.24) is 15.0 Å². The maximum absolute atomic E-state index is 11.4. The Labute approximate surface area is 78.6 Å². The second-order valence-corrected chi connectivity index (χ2v) is 3.13. The van der Waals surface area contributed by atoms with Crippen LogP contribution in [-0.4, -0.2) is 15.0 Å². The number of nitrogens with one attached hydrogen (secondary N) is 2. The molecule has 1 aromatic carbocycles. The van der Waals surface area contributed by atoms with E-state index in [0.717, 1.165) is 16.4 Å². The van der Waals surface area contributed by atoms with Crippen molar-refractivity contribution in [3.63, 3.8) is 0 Å². The van der Waals surface area contributed by atoms with Crippen LogP contribution in [0.25, 0.3) is 21.8 Å². The van der Waals surface area contributed by atoms with E-state index >= 15 is 0 Å². The first-order valence-electron chi connectivity index (χ1n) is 4.30. The average Bonchev–Trinajstić information content (AvgIpc) is 2.66. The molecule has 0 unspecified atom stereocenters. The molecule has 4 nitrogen and oxygen atoms in total. The molecule has 0 aliphatic carbocycles. The Kier molecular flexibility index (Phi) is 1.28. The van der Waals surface area contributed by atoms with Gasteiger partial charge < -0.3 is 9.97 Å². The summed E-state index contributed by atoms with van der Waals surface area (Å²) in [6.45, 7) is 0. The first-order chi connectivity index (χ1) is 6.86. The molecule has 0 saturated carbocycles. The van der Waals surface area contributed by atoms with Crippen LogP contribution in [0.15, 0.2) is 35.5 Å². The summed E-state index contributed by atoms with van der Waals surface area (Å²) in [6, 6.07) is 5.58. The van der Waals surface area contributed by atoms with Gasteiger partial charge in [0.05, 0.1) is 17.2 Å². The number of nitrogens with zero attached hydrogens (tertiary/aromatic N) is 1. The third-order valence-electron chi connectivity index (χ3n) is 2.34. The molecule has 0 spiro atoms. The molecule has 0 atom stereocenters. The Morgan fingerprint density at radius 3 is 2.93 bits per heavy atom. The Hall–Kier alpha value is -2.10. The molecule has 0 radical (unpaired) electrons. The number of hydrogen-bond donors (Lipinski definition) is 2. The monoisotopic (exact) mass is 185 g/mol. The van der Waals surface area contributed by atoms with Crippen LogP contribution in [0.4, 0.5) is 0 Å². The van der Waals surface area contributed by atoms with Gasteiger partial charge >= 0.3 is 0 Å². The highest BCUT2D eigenvalue weighted by Crippen LogP contribution is 2.19. The lowest BCUT2D eigenvalue weighted by Crippen LogP contribution is -2.05. The molecule has 14 heavy (non-hydrogen) atoms. The molecule has 0 fully saturated rings. The minimum absolute atomic E-state index is 0.0990. The molecule has 0 aliphatic rings. The summed E-state index contributed by atoms with van der Waals surface area (Å²) < 4.78 is 0. The first kappa shape index (κ1) is 7.32. The maximum Gasteiger partial charge on any atom is 0.258 e. The van der Waals surface area contributed by atoms with Crippen molar-refractivity contribution < 1.29 is 0 Å². The molecule has 0 bridgehead atoms. The van der Waals surface area contributed by atoms with Gasteiger partial charge in [-0.25, -0.2) is 4.98 Å². The number of benzene rings is 1. The van der Waals surface area contributed by atoms with Crippen molar-refractivity contribution in [3.05, 3.63) is 41.1 Å². The number of fused-ring (bicyclic) bond motifs is 3. The highest BCUT2D eigenvalue weighted by molar-refractivity contribution is 6.03. The summed E-state index contributed by atoms with van der Waals surface area (Å²) in [5.41, 5.74) is 1.64. The smallest absolute Gasteiger partial charge is 0.258 e. The van der Waals surface area contributed by atoms with Crippen molar-refractivity contribution in [2.75, 3.05) is 0 Å². The Morgan fingerprint density at radius 2 is 2.00 bits per heavy atom. The zero-order chi connectivity index (χ0) is 9.54. The van der Waals surface area contributed by atoms with Gasteiger partial charge in [-0.3, -0.25) is 4.79 Å². The first-order valence-corrected chi connectivity index (χ1v) is 4.30. The molecule has 0 amide bonds. The molecule has 2 N–H and O–H groups in total. The quantitative estimate of drug-likeness (QED) is 0.556. The van der Waals surface area contributed by atoms with E-state index in [4.69, 9.17) is 0 Å². The zero-order valence-electron chi connectivity index (χ0n) is 7.24. The van der Waals surface area contributed by atoms with Gasteiger partial charge in [0.15, 0.2) is 0 Å². The van der Waals surface area contributed by atoms with E-state index in [1.54, 1.807) is 6.07 Å². The number of H-pyrrole nitrogens is 2. The number of aromatic nitrogens is 3.